The lowest BCUT2D eigenvalue weighted by atomic mass is 10.1. The van der Waals surface area contributed by atoms with Crippen LogP contribution in [0.2, 0.25) is 0 Å². The smallest absolute Gasteiger partial charge is 0.419 e. The molecule has 7 amide bonds. The van der Waals surface area contributed by atoms with Gasteiger partial charge in [0.05, 0.1) is 0 Å². The van der Waals surface area contributed by atoms with Crippen LogP contribution in [0.15, 0.2) is 152 Å². The molecular formula is C52H58N6O12. The van der Waals surface area contributed by atoms with Crippen molar-refractivity contribution in [3.8, 4) is 0 Å². The first-order chi connectivity index (χ1) is 34.1. The van der Waals surface area contributed by atoms with E-state index in [0.717, 1.165) is 15.4 Å². The second kappa shape index (κ2) is 29.5. The first-order valence-corrected chi connectivity index (χ1v) is 22.7. The molecule has 5 N–H and O–H groups in total. The normalized spacial score (nSPS) is 11.4. The van der Waals surface area contributed by atoms with Gasteiger partial charge in [-0.3, -0.25) is 19.8 Å². The van der Waals surface area contributed by atoms with Crippen molar-refractivity contribution in [2.24, 2.45) is 5.73 Å². The summed E-state index contributed by atoms with van der Waals surface area (Å²) in [6, 6.07) is 41.3. The third-order valence-corrected chi connectivity index (χ3v) is 10.4. The Hall–Kier alpha value is -8.25. The highest BCUT2D eigenvalue weighted by Gasteiger charge is 2.35. The zero-order valence-electron chi connectivity index (χ0n) is 38.7. The Bertz CT molecular complexity index is 2340. The van der Waals surface area contributed by atoms with Crippen LogP contribution in [0.1, 0.15) is 53.5 Å². The van der Waals surface area contributed by atoms with Gasteiger partial charge >= 0.3 is 30.5 Å². The maximum Gasteiger partial charge on any atom is 0.419 e. The van der Waals surface area contributed by atoms with Crippen LogP contribution in [0, 0.1) is 0 Å². The summed E-state index contributed by atoms with van der Waals surface area (Å²) >= 11 is 0. The van der Waals surface area contributed by atoms with Crippen molar-refractivity contribution in [1.29, 1.82) is 0 Å². The van der Waals surface area contributed by atoms with Gasteiger partial charge in [0.25, 0.3) is 0 Å². The van der Waals surface area contributed by atoms with E-state index in [1.54, 1.807) is 146 Å². The van der Waals surface area contributed by atoms with E-state index < -0.39 is 54.4 Å². The summed E-state index contributed by atoms with van der Waals surface area (Å²) < 4.78 is 27.4. The molecule has 18 heteroatoms. The lowest BCUT2D eigenvalue weighted by Crippen LogP contribution is -2.56. The van der Waals surface area contributed by atoms with E-state index in [0.29, 0.717) is 22.3 Å². The van der Waals surface area contributed by atoms with Gasteiger partial charge in [0.2, 0.25) is 11.8 Å². The number of rotatable bonds is 24. The number of nitrogens with two attached hydrogens (primary N) is 1. The first-order valence-electron chi connectivity index (χ1n) is 22.7. The van der Waals surface area contributed by atoms with Gasteiger partial charge in [-0.2, -0.15) is 0 Å². The second-order valence-electron chi connectivity index (χ2n) is 15.7. The summed E-state index contributed by atoms with van der Waals surface area (Å²) in [4.78, 5) is 97.3. The van der Waals surface area contributed by atoms with Crippen LogP contribution in [0.5, 0.6) is 0 Å². The molecule has 0 saturated carbocycles. The SMILES string of the molecule is NCCC[C@H](NC(=O)OCc1ccccc1)C(=O)NC(=O)[C@H](CCCN(C(=O)OCc1ccccc1)C(=O)OCc1ccccc1)N(CCNC(=O)OCc1ccccc1)C(=O)OCc1ccccc1. The maximum absolute atomic E-state index is 14.5. The summed E-state index contributed by atoms with van der Waals surface area (Å²) in [6.45, 7) is -1.49. The molecule has 0 bridgehead atoms. The average Bonchev–Trinajstić information content (AvgIpc) is 3.39. The second-order valence-corrected chi connectivity index (χ2v) is 15.7. The molecule has 0 unspecified atom stereocenters. The fraction of sp³-hybridized carbons (Fsp3) is 0.288. The molecule has 5 aromatic carbocycles. The van der Waals surface area contributed by atoms with Crippen molar-refractivity contribution in [3.63, 3.8) is 0 Å². The van der Waals surface area contributed by atoms with Crippen LogP contribution >= 0.6 is 0 Å². The highest BCUT2D eigenvalue weighted by atomic mass is 16.6. The van der Waals surface area contributed by atoms with Gasteiger partial charge in [-0.05, 0) is 60.0 Å². The van der Waals surface area contributed by atoms with E-state index in [-0.39, 0.29) is 84.9 Å². The average molecular weight is 959 g/mol. The largest absolute Gasteiger partial charge is 0.445 e. The predicted octanol–water partition coefficient (Wildman–Crippen LogP) is 7.35. The molecule has 0 heterocycles. The van der Waals surface area contributed by atoms with Crippen LogP contribution in [-0.2, 0) is 66.3 Å². The molecule has 5 rings (SSSR count). The van der Waals surface area contributed by atoms with Crippen molar-refractivity contribution in [2.75, 3.05) is 26.2 Å². The number of carbonyl (C=O) groups is 7. The fourth-order valence-corrected chi connectivity index (χ4v) is 6.74. The molecule has 0 aliphatic rings. The Labute approximate surface area is 406 Å². The van der Waals surface area contributed by atoms with Crippen LogP contribution in [-0.4, -0.2) is 90.3 Å². The van der Waals surface area contributed by atoms with Gasteiger partial charge in [0, 0.05) is 19.6 Å². The summed E-state index contributed by atoms with van der Waals surface area (Å²) in [5.41, 5.74) is 9.13. The lowest BCUT2D eigenvalue weighted by Gasteiger charge is -2.31. The molecular weight excluding hydrogens is 901 g/mol. The molecule has 0 aliphatic carbocycles. The Morgan fingerprint density at radius 1 is 0.457 bits per heavy atom. The number of nitrogens with one attached hydrogen (secondary N) is 3. The van der Waals surface area contributed by atoms with Crippen LogP contribution in [0.4, 0.5) is 24.0 Å². The number of hydrogen-bond donors (Lipinski definition) is 4. The zero-order valence-corrected chi connectivity index (χ0v) is 38.7. The number of alkyl carbamates (subject to hydrolysis) is 2. The minimum atomic E-state index is -1.54. The standard InChI is InChI=1S/C52H58N6O12/c53-30-16-28-44(55-49(62)67-35-40-20-8-2-9-21-40)46(59)56-47(60)45(29-17-32-58(51(64)69-37-42-24-12-4-13-25-42)52(65)70-38-43-26-14-5-15-27-43)57(50(63)68-36-41-22-10-3-11-23-41)33-31-54-48(61)66-34-39-18-6-1-7-19-39/h1-15,18-27,44-45H,16-17,28-38,53H2,(H,54,61)(H,55,62)(H,56,59,60)/t44-,45-/m0/s1. The summed E-state index contributed by atoms with van der Waals surface area (Å²) in [6.07, 6.45) is -4.97. The molecule has 0 saturated heterocycles. The Kier molecular flexibility index (Phi) is 22.2. The van der Waals surface area contributed by atoms with E-state index >= 15 is 0 Å². The number of imide groups is 2. The van der Waals surface area contributed by atoms with Gasteiger partial charge in [0.1, 0.15) is 45.1 Å². The lowest BCUT2D eigenvalue weighted by molar-refractivity contribution is -0.134. The van der Waals surface area contributed by atoms with Crippen LogP contribution in [0.25, 0.3) is 0 Å². The quantitative estimate of drug-likeness (QED) is 0.0444. The van der Waals surface area contributed by atoms with Gasteiger partial charge < -0.3 is 40.1 Å². The number of hydrogen-bond acceptors (Lipinski definition) is 13. The minimum absolute atomic E-state index is 0.0176. The molecule has 0 fully saturated rings. The third-order valence-electron chi connectivity index (χ3n) is 10.4. The molecule has 0 aromatic heterocycles. The van der Waals surface area contributed by atoms with Gasteiger partial charge in [-0.1, -0.05) is 152 Å². The Morgan fingerprint density at radius 3 is 1.29 bits per heavy atom. The molecule has 5 aromatic rings. The minimum Gasteiger partial charge on any atom is -0.445 e. The van der Waals surface area contributed by atoms with E-state index in [9.17, 15) is 33.6 Å². The molecule has 2 atom stereocenters. The van der Waals surface area contributed by atoms with E-state index in [1.165, 1.54) is 0 Å². The maximum atomic E-state index is 14.5. The van der Waals surface area contributed by atoms with Crippen LogP contribution in [0.3, 0.4) is 0 Å². The fourth-order valence-electron chi connectivity index (χ4n) is 6.74. The highest BCUT2D eigenvalue weighted by Crippen LogP contribution is 2.16. The van der Waals surface area contributed by atoms with Crippen molar-refractivity contribution in [3.05, 3.63) is 179 Å². The molecule has 0 aliphatic heterocycles. The van der Waals surface area contributed by atoms with E-state index in [2.05, 4.69) is 16.0 Å². The molecule has 368 valence electrons. The van der Waals surface area contributed by atoms with Crippen molar-refractivity contribution in [1.82, 2.24) is 25.8 Å². The number of ether oxygens (including phenoxy) is 5. The topological polar surface area (TPSA) is 234 Å². The van der Waals surface area contributed by atoms with Crippen molar-refractivity contribution >= 4 is 42.3 Å². The van der Waals surface area contributed by atoms with E-state index in [4.69, 9.17) is 29.4 Å². The summed E-state index contributed by atoms with van der Waals surface area (Å²) in [7, 11) is 0. The number of benzene rings is 5. The number of nitrogens with zero attached hydrogens (tertiary/aromatic N) is 2. The van der Waals surface area contributed by atoms with Gasteiger partial charge in [-0.15, -0.1) is 0 Å². The monoisotopic (exact) mass is 958 g/mol. The number of amides is 7. The molecule has 0 radical (unpaired) electrons. The van der Waals surface area contributed by atoms with Gasteiger partial charge in [0.15, 0.2) is 0 Å². The Morgan fingerprint density at radius 2 is 0.857 bits per heavy atom. The summed E-state index contributed by atoms with van der Waals surface area (Å²) in [5, 5.41) is 7.41. The third kappa shape index (κ3) is 18.8. The molecule has 0 spiro atoms. The Balaban J connectivity index is 1.38. The van der Waals surface area contributed by atoms with Crippen molar-refractivity contribution < 1.29 is 57.2 Å². The number of carbonyl (C=O) groups excluding carboxylic acids is 7. The van der Waals surface area contributed by atoms with Crippen molar-refractivity contribution in [2.45, 2.75) is 70.8 Å². The zero-order chi connectivity index (χ0) is 49.8. The summed E-state index contributed by atoms with van der Waals surface area (Å²) in [5.74, 6) is -1.94. The highest BCUT2D eigenvalue weighted by molar-refractivity contribution is 6.01. The predicted molar refractivity (Wildman–Crippen MR) is 256 cm³/mol. The van der Waals surface area contributed by atoms with E-state index in [1.807, 2.05) is 6.07 Å². The van der Waals surface area contributed by atoms with Gasteiger partial charge in [-0.25, -0.2) is 28.9 Å². The van der Waals surface area contributed by atoms with Crippen LogP contribution < -0.4 is 21.7 Å². The molecule has 70 heavy (non-hydrogen) atoms. The first kappa shape index (κ1) is 52.7. The molecule has 18 nitrogen and oxygen atoms in total.